The van der Waals surface area contributed by atoms with E-state index in [-0.39, 0.29) is 35.5 Å². The second kappa shape index (κ2) is 6.27. The van der Waals surface area contributed by atoms with Crippen LogP contribution in [0.25, 0.3) is 0 Å². The van der Waals surface area contributed by atoms with Gasteiger partial charge in [0.1, 0.15) is 5.82 Å². The summed E-state index contributed by atoms with van der Waals surface area (Å²) in [7, 11) is 0. The van der Waals surface area contributed by atoms with E-state index in [0.29, 0.717) is 11.7 Å². The number of amides is 1. The minimum atomic E-state index is -0.346. The Morgan fingerprint density at radius 3 is 2.77 bits per heavy atom. The summed E-state index contributed by atoms with van der Waals surface area (Å²) in [6.45, 7) is 3.64. The number of halogens is 1. The fourth-order valence-electron chi connectivity index (χ4n) is 4.19. The predicted molar refractivity (Wildman–Crippen MR) is 97.5 cm³/mol. The van der Waals surface area contributed by atoms with Crippen molar-refractivity contribution in [2.45, 2.75) is 38.8 Å². The van der Waals surface area contributed by atoms with Gasteiger partial charge in [0.15, 0.2) is 11.6 Å². The Morgan fingerprint density at radius 1 is 1.35 bits per heavy atom. The summed E-state index contributed by atoms with van der Waals surface area (Å²) in [6, 6.07) is 7.57. The predicted octanol–water partition coefficient (Wildman–Crippen LogP) is 3.86. The van der Waals surface area contributed by atoms with Crippen LogP contribution in [0.15, 0.2) is 36.5 Å². The van der Waals surface area contributed by atoms with Gasteiger partial charge < -0.3 is 15.3 Å². The fourth-order valence-corrected chi connectivity index (χ4v) is 4.19. The van der Waals surface area contributed by atoms with Gasteiger partial charge in [-0.25, -0.2) is 9.37 Å². The van der Waals surface area contributed by atoms with Gasteiger partial charge in [0.05, 0.1) is 6.04 Å². The summed E-state index contributed by atoms with van der Waals surface area (Å²) in [5.41, 5.74) is 1.46. The van der Waals surface area contributed by atoms with Gasteiger partial charge in [-0.3, -0.25) is 4.79 Å². The molecule has 1 aliphatic heterocycles. The number of hydrogen-bond acceptors (Lipinski definition) is 4. The summed E-state index contributed by atoms with van der Waals surface area (Å²) in [5, 5.41) is 13.4. The van der Waals surface area contributed by atoms with Crippen LogP contribution in [0, 0.1) is 17.7 Å². The summed E-state index contributed by atoms with van der Waals surface area (Å²) >= 11 is 0. The van der Waals surface area contributed by atoms with Crippen LogP contribution >= 0.6 is 0 Å². The van der Waals surface area contributed by atoms with Crippen molar-refractivity contribution in [2.75, 3.05) is 10.2 Å². The highest BCUT2D eigenvalue weighted by Crippen LogP contribution is 2.50. The number of nitrogens with zero attached hydrogens (tertiary/aromatic N) is 2. The van der Waals surface area contributed by atoms with E-state index >= 15 is 0 Å². The molecule has 6 heteroatoms. The van der Waals surface area contributed by atoms with E-state index < -0.39 is 0 Å². The number of carbonyl (C=O) groups excluding carboxylic acids is 1. The number of aromatic hydroxyl groups is 1. The van der Waals surface area contributed by atoms with Crippen molar-refractivity contribution in [3.8, 4) is 5.75 Å². The van der Waals surface area contributed by atoms with E-state index in [1.165, 1.54) is 12.1 Å². The molecule has 1 fully saturated rings. The summed E-state index contributed by atoms with van der Waals surface area (Å²) < 4.78 is 14.0. The molecule has 136 valence electrons. The van der Waals surface area contributed by atoms with Crippen LogP contribution in [0.5, 0.6) is 5.75 Å². The number of carbonyl (C=O) groups is 1. The highest BCUT2D eigenvalue weighted by atomic mass is 19.1. The van der Waals surface area contributed by atoms with Crippen molar-refractivity contribution >= 4 is 17.4 Å². The minimum Gasteiger partial charge on any atom is -0.504 e. The summed E-state index contributed by atoms with van der Waals surface area (Å²) in [6.07, 6.45) is 3.79. The first kappa shape index (κ1) is 16.8. The highest BCUT2D eigenvalue weighted by Gasteiger charge is 2.47. The molecule has 1 aliphatic carbocycles. The third-order valence-corrected chi connectivity index (χ3v) is 5.47. The lowest BCUT2D eigenvalue weighted by Crippen LogP contribution is -2.51. The minimum absolute atomic E-state index is 0.0271. The van der Waals surface area contributed by atoms with E-state index in [9.17, 15) is 14.3 Å². The molecule has 3 atom stereocenters. The first-order chi connectivity index (χ1) is 12.5. The number of rotatable bonds is 3. The second-order valence-electron chi connectivity index (χ2n) is 7.27. The molecule has 2 aromatic rings. The van der Waals surface area contributed by atoms with Gasteiger partial charge in [0.2, 0.25) is 5.91 Å². The molecule has 26 heavy (non-hydrogen) atoms. The average molecular weight is 355 g/mol. The summed E-state index contributed by atoms with van der Waals surface area (Å²) in [4.78, 5) is 18.4. The van der Waals surface area contributed by atoms with Crippen LogP contribution in [-0.2, 0) is 4.79 Å². The van der Waals surface area contributed by atoms with E-state index in [0.717, 1.165) is 24.1 Å². The Kier molecular flexibility index (Phi) is 4.05. The largest absolute Gasteiger partial charge is 0.504 e. The molecule has 5 nitrogen and oxygen atoms in total. The van der Waals surface area contributed by atoms with Gasteiger partial charge in [-0.1, -0.05) is 6.92 Å². The monoisotopic (exact) mass is 355 g/mol. The molecule has 3 unspecified atom stereocenters. The number of anilines is 2. The lowest BCUT2D eigenvalue weighted by molar-refractivity contribution is -0.117. The average Bonchev–Trinajstić information content (AvgIpc) is 3.43. The fraction of sp³-hybridized carbons (Fsp3) is 0.400. The Balaban J connectivity index is 1.82. The highest BCUT2D eigenvalue weighted by molar-refractivity contribution is 5.94. The maximum atomic E-state index is 14.0. The zero-order valence-electron chi connectivity index (χ0n) is 14.8. The van der Waals surface area contributed by atoms with Crippen molar-refractivity contribution in [3.05, 3.63) is 47.9 Å². The molecule has 2 aliphatic rings. The van der Waals surface area contributed by atoms with Crippen molar-refractivity contribution in [1.29, 1.82) is 0 Å². The van der Waals surface area contributed by atoms with Crippen molar-refractivity contribution in [1.82, 2.24) is 4.98 Å². The van der Waals surface area contributed by atoms with Crippen LogP contribution in [0.1, 0.15) is 38.3 Å². The maximum absolute atomic E-state index is 14.0. The molecule has 2 heterocycles. The molecule has 0 spiro atoms. The van der Waals surface area contributed by atoms with Gasteiger partial charge in [-0.05, 0) is 49.1 Å². The number of aromatic nitrogens is 1. The number of nitrogens with one attached hydrogen (secondary N) is 1. The number of fused-ring (bicyclic) bond motifs is 1. The lowest BCUT2D eigenvalue weighted by Gasteiger charge is -2.45. The molecule has 1 amide bonds. The van der Waals surface area contributed by atoms with Crippen molar-refractivity contribution in [3.63, 3.8) is 0 Å². The number of hydrogen-bond donors (Lipinski definition) is 2. The van der Waals surface area contributed by atoms with Crippen molar-refractivity contribution < 1.29 is 14.3 Å². The van der Waals surface area contributed by atoms with E-state index in [4.69, 9.17) is 0 Å². The SMILES string of the molecule is CC(=O)N1c2ccc(F)cc2C(Nc2ncccc2O)C(C)C1C1CC1. The number of benzene rings is 1. The quantitative estimate of drug-likeness (QED) is 0.877. The van der Waals surface area contributed by atoms with Crippen LogP contribution in [0.2, 0.25) is 0 Å². The third kappa shape index (κ3) is 2.79. The normalized spacial score (nSPS) is 24.9. The lowest BCUT2D eigenvalue weighted by atomic mass is 9.80. The standard InChI is InChI=1S/C20H22FN3O2/c1-11-18(23-20-17(26)4-3-9-22-20)15-10-14(21)7-8-16(15)24(12(2)25)19(11)13-5-6-13/h3-4,7-11,13,18-19,26H,5-6H2,1-2H3,(H,22,23). The molecule has 1 saturated carbocycles. The smallest absolute Gasteiger partial charge is 0.224 e. The van der Waals surface area contributed by atoms with Crippen LogP contribution in [0.3, 0.4) is 0 Å². The molecule has 2 N–H and O–H groups in total. The van der Waals surface area contributed by atoms with E-state index in [1.807, 2.05) is 4.90 Å². The maximum Gasteiger partial charge on any atom is 0.224 e. The molecule has 0 radical (unpaired) electrons. The van der Waals surface area contributed by atoms with E-state index in [1.54, 1.807) is 31.3 Å². The zero-order chi connectivity index (χ0) is 18.4. The van der Waals surface area contributed by atoms with E-state index in [2.05, 4.69) is 17.2 Å². The van der Waals surface area contributed by atoms with Gasteiger partial charge in [-0.2, -0.15) is 0 Å². The van der Waals surface area contributed by atoms with Gasteiger partial charge in [-0.15, -0.1) is 0 Å². The molecule has 0 saturated heterocycles. The van der Waals surface area contributed by atoms with Gasteiger partial charge >= 0.3 is 0 Å². The second-order valence-corrected chi connectivity index (χ2v) is 7.27. The number of pyridine rings is 1. The topological polar surface area (TPSA) is 65.5 Å². The third-order valence-electron chi connectivity index (χ3n) is 5.47. The van der Waals surface area contributed by atoms with Gasteiger partial charge in [0.25, 0.3) is 0 Å². The first-order valence-electron chi connectivity index (χ1n) is 8.97. The Hall–Kier alpha value is -2.63. The van der Waals surface area contributed by atoms with Crippen LogP contribution in [0.4, 0.5) is 15.9 Å². The molecule has 4 rings (SSSR count). The summed E-state index contributed by atoms with van der Waals surface area (Å²) in [5.74, 6) is 0.540. The Bertz CT molecular complexity index is 853. The zero-order valence-corrected chi connectivity index (χ0v) is 14.8. The molecule has 1 aromatic carbocycles. The Morgan fingerprint density at radius 2 is 2.12 bits per heavy atom. The molecular weight excluding hydrogens is 333 g/mol. The van der Waals surface area contributed by atoms with Gasteiger partial charge in [0, 0.05) is 36.3 Å². The van der Waals surface area contributed by atoms with Crippen molar-refractivity contribution in [2.24, 2.45) is 11.8 Å². The Labute approximate surface area is 151 Å². The molecule has 0 bridgehead atoms. The first-order valence-corrected chi connectivity index (χ1v) is 8.97. The molecule has 1 aromatic heterocycles. The molecular formula is C20H22FN3O2. The van der Waals surface area contributed by atoms with Crippen LogP contribution < -0.4 is 10.2 Å². The van der Waals surface area contributed by atoms with Crippen LogP contribution in [-0.4, -0.2) is 22.0 Å².